The molecule has 0 atom stereocenters. The number of aromatic nitrogens is 2. The Labute approximate surface area is 85.6 Å². The van der Waals surface area contributed by atoms with Crippen LogP contribution in [0.25, 0.3) is 10.5 Å². The predicted octanol–water partition coefficient (Wildman–Crippen LogP) is 2.14. The maximum atomic E-state index is 13.4. The first-order valence-electron chi connectivity index (χ1n) is 4.20. The van der Waals surface area contributed by atoms with Crippen LogP contribution in [0.4, 0.5) is 15.9 Å². The molecule has 0 saturated heterocycles. The molecular formula is C10H7FN4. The van der Waals surface area contributed by atoms with Crippen LogP contribution in [0.3, 0.4) is 0 Å². The van der Waals surface area contributed by atoms with Crippen molar-refractivity contribution >= 4 is 11.5 Å². The van der Waals surface area contributed by atoms with Gasteiger partial charge in [-0.15, -0.1) is 0 Å². The molecule has 0 spiro atoms. The summed E-state index contributed by atoms with van der Waals surface area (Å²) in [6.07, 6.45) is 1.31. The number of nitrogen functional groups attached to an aromatic ring is 1. The fourth-order valence-corrected chi connectivity index (χ4v) is 1.25. The molecule has 0 amide bonds. The van der Waals surface area contributed by atoms with E-state index in [1.54, 1.807) is 18.2 Å². The lowest BCUT2D eigenvalue weighted by Gasteiger charge is -2.04. The van der Waals surface area contributed by atoms with Crippen LogP contribution in [0, 0.1) is 12.4 Å². The van der Waals surface area contributed by atoms with Crippen LogP contribution in [0.15, 0.2) is 30.5 Å². The van der Waals surface area contributed by atoms with E-state index in [0.29, 0.717) is 0 Å². The number of hydrogen-bond acceptors (Lipinski definition) is 2. The number of benzene rings is 1. The maximum absolute atomic E-state index is 13.4. The third kappa shape index (κ3) is 1.42. The van der Waals surface area contributed by atoms with Gasteiger partial charge in [0.15, 0.2) is 0 Å². The number of rotatable bonds is 1. The summed E-state index contributed by atoms with van der Waals surface area (Å²) in [6, 6.07) is 6.12. The summed E-state index contributed by atoms with van der Waals surface area (Å²) in [4.78, 5) is 3.17. The highest BCUT2D eigenvalue weighted by atomic mass is 19.1. The molecule has 0 bridgehead atoms. The quantitative estimate of drug-likeness (QED) is 0.720. The van der Waals surface area contributed by atoms with Gasteiger partial charge in [0.2, 0.25) is 5.69 Å². The number of halogens is 1. The lowest BCUT2D eigenvalue weighted by Crippen LogP contribution is -2.03. The Morgan fingerprint density at radius 2 is 2.13 bits per heavy atom. The Balaban J connectivity index is 2.61. The lowest BCUT2D eigenvalue weighted by molar-refractivity contribution is 0.612. The second kappa shape index (κ2) is 3.42. The minimum atomic E-state index is -0.427. The molecule has 0 radical (unpaired) electrons. The number of para-hydroxylation sites is 1. The highest BCUT2D eigenvalue weighted by Crippen LogP contribution is 2.25. The molecule has 0 saturated carbocycles. The monoisotopic (exact) mass is 202 g/mol. The normalized spacial score (nSPS) is 9.87. The molecule has 0 unspecified atom stereocenters. The third-order valence-corrected chi connectivity index (χ3v) is 1.99. The number of hydrogen-bond donors (Lipinski definition) is 1. The fraction of sp³-hybridized carbons (Fsp3) is 0. The van der Waals surface area contributed by atoms with Crippen LogP contribution in [-0.2, 0) is 0 Å². The van der Waals surface area contributed by atoms with E-state index in [0.717, 1.165) is 0 Å². The molecule has 1 heterocycles. The van der Waals surface area contributed by atoms with Crippen molar-refractivity contribution in [3.8, 4) is 5.69 Å². The second-order valence-corrected chi connectivity index (χ2v) is 2.89. The van der Waals surface area contributed by atoms with Gasteiger partial charge in [-0.2, -0.15) is 5.10 Å². The molecule has 2 aromatic rings. The predicted molar refractivity (Wildman–Crippen MR) is 54.2 cm³/mol. The van der Waals surface area contributed by atoms with E-state index in [1.807, 2.05) is 0 Å². The van der Waals surface area contributed by atoms with Gasteiger partial charge in [-0.1, -0.05) is 12.1 Å². The van der Waals surface area contributed by atoms with Crippen molar-refractivity contribution in [2.24, 2.45) is 0 Å². The second-order valence-electron chi connectivity index (χ2n) is 2.89. The number of nitrogens with two attached hydrogens (primary N) is 1. The molecule has 74 valence electrons. The van der Waals surface area contributed by atoms with Crippen LogP contribution in [0.5, 0.6) is 0 Å². The van der Waals surface area contributed by atoms with E-state index in [9.17, 15) is 4.39 Å². The molecule has 2 N–H and O–H groups in total. The molecule has 0 aliphatic heterocycles. The zero-order valence-electron chi connectivity index (χ0n) is 7.68. The topological polar surface area (TPSA) is 48.2 Å². The third-order valence-electron chi connectivity index (χ3n) is 1.99. The first kappa shape index (κ1) is 9.21. The SMILES string of the molecule is [C-]#[N+]c1cnn(-c2ccccc2F)c1N. The molecular weight excluding hydrogens is 195 g/mol. The molecule has 5 heteroatoms. The van der Waals surface area contributed by atoms with Gasteiger partial charge in [0.05, 0.1) is 12.8 Å². The zero-order chi connectivity index (χ0) is 10.8. The van der Waals surface area contributed by atoms with Crippen molar-refractivity contribution in [3.05, 3.63) is 47.7 Å². The van der Waals surface area contributed by atoms with Gasteiger partial charge in [0, 0.05) is 0 Å². The van der Waals surface area contributed by atoms with E-state index in [1.165, 1.54) is 16.9 Å². The number of nitrogens with zero attached hydrogens (tertiary/aromatic N) is 3. The molecule has 0 aliphatic carbocycles. The van der Waals surface area contributed by atoms with Crippen molar-refractivity contribution in [3.63, 3.8) is 0 Å². The minimum absolute atomic E-state index is 0.148. The standard InChI is InChI=1S/C10H7FN4/c1-13-8-6-14-15(10(8)12)9-5-3-2-4-7(9)11/h2-6H,12H2. The van der Waals surface area contributed by atoms with Crippen molar-refractivity contribution < 1.29 is 4.39 Å². The Kier molecular flexibility index (Phi) is 2.10. The Hall–Kier alpha value is -2.35. The zero-order valence-corrected chi connectivity index (χ0v) is 7.68. The summed E-state index contributed by atoms with van der Waals surface area (Å²) in [5.74, 6) is -0.279. The smallest absolute Gasteiger partial charge is 0.247 e. The first-order chi connectivity index (χ1) is 7.24. The average Bonchev–Trinajstić information content (AvgIpc) is 2.60. The van der Waals surface area contributed by atoms with E-state index in [4.69, 9.17) is 12.3 Å². The van der Waals surface area contributed by atoms with E-state index in [2.05, 4.69) is 9.94 Å². The molecule has 15 heavy (non-hydrogen) atoms. The molecule has 1 aromatic heterocycles. The van der Waals surface area contributed by atoms with Crippen molar-refractivity contribution in [2.45, 2.75) is 0 Å². The van der Waals surface area contributed by atoms with Crippen LogP contribution in [0.2, 0.25) is 0 Å². The average molecular weight is 202 g/mol. The largest absolute Gasteiger partial charge is 0.392 e. The van der Waals surface area contributed by atoms with Crippen molar-refractivity contribution in [1.29, 1.82) is 0 Å². The minimum Gasteiger partial charge on any atom is -0.392 e. The summed E-state index contributed by atoms with van der Waals surface area (Å²) < 4.78 is 14.6. The first-order valence-corrected chi connectivity index (χ1v) is 4.20. The van der Waals surface area contributed by atoms with Crippen molar-refractivity contribution in [2.75, 3.05) is 5.73 Å². The highest BCUT2D eigenvalue weighted by Gasteiger charge is 2.11. The van der Waals surface area contributed by atoms with Gasteiger partial charge in [-0.05, 0) is 12.1 Å². The summed E-state index contributed by atoms with van der Waals surface area (Å²) in [7, 11) is 0. The maximum Gasteiger partial charge on any atom is 0.247 e. The molecule has 2 rings (SSSR count). The molecule has 1 aromatic carbocycles. The van der Waals surface area contributed by atoms with Crippen molar-refractivity contribution in [1.82, 2.24) is 9.78 Å². The van der Waals surface area contributed by atoms with Crippen LogP contribution >= 0.6 is 0 Å². The van der Waals surface area contributed by atoms with Crippen LogP contribution in [-0.4, -0.2) is 9.78 Å². The van der Waals surface area contributed by atoms with Gasteiger partial charge in [0.25, 0.3) is 0 Å². The fourth-order valence-electron chi connectivity index (χ4n) is 1.25. The van der Waals surface area contributed by atoms with Gasteiger partial charge in [-0.3, -0.25) is 0 Å². The highest BCUT2D eigenvalue weighted by molar-refractivity contribution is 5.64. The Morgan fingerprint density at radius 1 is 1.40 bits per heavy atom. The summed E-state index contributed by atoms with van der Waals surface area (Å²) in [5.41, 5.74) is 6.10. The molecule has 4 nitrogen and oxygen atoms in total. The van der Waals surface area contributed by atoms with E-state index in [-0.39, 0.29) is 17.2 Å². The Bertz CT molecular complexity index is 539. The van der Waals surface area contributed by atoms with Gasteiger partial charge in [0.1, 0.15) is 17.3 Å². The summed E-state index contributed by atoms with van der Waals surface area (Å²) in [5, 5.41) is 3.86. The van der Waals surface area contributed by atoms with Gasteiger partial charge in [-0.25, -0.2) is 13.9 Å². The van der Waals surface area contributed by atoms with Crippen LogP contribution in [0.1, 0.15) is 0 Å². The molecule has 0 fully saturated rings. The van der Waals surface area contributed by atoms with Crippen LogP contribution < -0.4 is 5.73 Å². The van der Waals surface area contributed by atoms with E-state index >= 15 is 0 Å². The lowest BCUT2D eigenvalue weighted by atomic mass is 10.3. The molecule has 0 aliphatic rings. The Morgan fingerprint density at radius 3 is 2.73 bits per heavy atom. The summed E-state index contributed by atoms with van der Waals surface area (Å²) >= 11 is 0. The summed E-state index contributed by atoms with van der Waals surface area (Å²) in [6.45, 7) is 6.81. The van der Waals surface area contributed by atoms with Gasteiger partial charge >= 0.3 is 0 Å². The van der Waals surface area contributed by atoms with E-state index < -0.39 is 5.82 Å². The number of anilines is 1. The van der Waals surface area contributed by atoms with Gasteiger partial charge < -0.3 is 5.73 Å².